The van der Waals surface area contributed by atoms with Crippen molar-refractivity contribution in [2.75, 3.05) is 0 Å². The van der Waals surface area contributed by atoms with E-state index in [4.69, 9.17) is 49.4 Å². The zero-order valence-corrected chi connectivity index (χ0v) is 37.6. The molecule has 0 aromatic heterocycles. The van der Waals surface area contributed by atoms with Crippen molar-refractivity contribution >= 4 is 88.8 Å². The molecule has 0 aromatic rings. The maximum atomic E-state index is 11.1. The molecular weight excluding hydrogens is 734 g/mol. The first-order valence-electron chi connectivity index (χ1n) is 14.1. The number of alkyl halides is 3. The van der Waals surface area contributed by atoms with Crippen molar-refractivity contribution in [3.63, 3.8) is 0 Å². The van der Waals surface area contributed by atoms with E-state index in [1.54, 1.807) is 26.2 Å². The molecule has 3 rings (SSSR count). The van der Waals surface area contributed by atoms with Crippen molar-refractivity contribution in [1.29, 1.82) is 0 Å². The van der Waals surface area contributed by atoms with Crippen LogP contribution in [0.2, 0.25) is 85.1 Å². The van der Waals surface area contributed by atoms with Gasteiger partial charge >= 0.3 is 67.8 Å². The van der Waals surface area contributed by atoms with E-state index in [0.29, 0.717) is 0 Å². The second-order valence-corrected chi connectivity index (χ2v) is 40.4. The molecule has 12 nitrogen and oxygen atoms in total. The van der Waals surface area contributed by atoms with Crippen molar-refractivity contribution in [3.05, 3.63) is 0 Å². The van der Waals surface area contributed by atoms with E-state index < -0.39 is 101 Å². The van der Waals surface area contributed by atoms with E-state index in [9.17, 15) is 13.2 Å². The molecule has 0 amide bonds. The van der Waals surface area contributed by atoms with E-state index in [1.807, 2.05) is 19.6 Å². The fourth-order valence-corrected chi connectivity index (χ4v) is 51.5. The molecule has 0 atom stereocenters. The van der Waals surface area contributed by atoms with Crippen LogP contribution >= 0.6 is 0 Å². The first-order valence-corrected chi connectivity index (χ1v) is 38.0. The van der Waals surface area contributed by atoms with Gasteiger partial charge in [0.1, 0.15) is 0 Å². The van der Waals surface area contributed by atoms with Crippen LogP contribution in [0, 0.1) is 0 Å². The summed E-state index contributed by atoms with van der Waals surface area (Å²) in [6.45, 7) is 26.6. The van der Waals surface area contributed by atoms with Gasteiger partial charge in [-0.25, -0.2) is 0 Å². The summed E-state index contributed by atoms with van der Waals surface area (Å²) in [5.41, 5.74) is 0. The van der Waals surface area contributed by atoms with E-state index in [-0.39, 0.29) is 6.42 Å². The molecular formula is C17H49F3O12Si10. The third-order valence-corrected chi connectivity index (χ3v) is 42.7. The van der Waals surface area contributed by atoms with Crippen LogP contribution in [0.1, 0.15) is 19.8 Å². The molecule has 3 aliphatic rings. The van der Waals surface area contributed by atoms with Crippen molar-refractivity contribution in [1.82, 2.24) is 0 Å². The summed E-state index contributed by atoms with van der Waals surface area (Å²) >= 11 is 0. The molecule has 3 saturated heterocycles. The lowest BCUT2D eigenvalue weighted by Crippen LogP contribution is -2.80. The van der Waals surface area contributed by atoms with Crippen LogP contribution in [-0.2, 0) is 49.4 Å². The minimum atomic E-state index is -3.95. The van der Waals surface area contributed by atoms with Crippen LogP contribution < -0.4 is 0 Å². The lowest BCUT2D eigenvalue weighted by atomic mass is 10.3. The molecule has 0 saturated carbocycles. The van der Waals surface area contributed by atoms with Gasteiger partial charge in [-0.05, 0) is 45.7 Å². The Labute approximate surface area is 261 Å². The predicted octanol–water partition coefficient (Wildman–Crippen LogP) is 4.51. The first-order chi connectivity index (χ1) is 18.7. The van der Waals surface area contributed by atoms with Crippen LogP contribution in [0.5, 0.6) is 0 Å². The fourth-order valence-electron chi connectivity index (χ4n) is 5.06. The SMILES string of the molecule is CCCC(F)(F)F.C[SiH](C)O[Si]1(C)O[Si]2(C)O[Si](C)(O[SiH](C)C)O[Si]3(C)O[Si](C)(O[SiH](C)C)O[Si](C)(O1)O[Si](C)(O2)O3. The van der Waals surface area contributed by atoms with E-state index in [0.717, 1.165) is 0 Å². The van der Waals surface area contributed by atoms with Crippen LogP contribution in [0.4, 0.5) is 13.2 Å². The van der Waals surface area contributed by atoms with Gasteiger partial charge in [-0.3, -0.25) is 0 Å². The molecule has 3 aliphatic heterocycles. The van der Waals surface area contributed by atoms with Gasteiger partial charge in [-0.15, -0.1) is 0 Å². The monoisotopic (exact) mass is 782 g/mol. The normalized spacial score (nSPS) is 42.9. The largest absolute Gasteiger partial charge is 0.475 e. The standard InChI is InChI=1S/C13H42O12Si10.C4H7F3/c1-26(2)14-29(7)17-32(10)19-30(8,15-27(3)4)21-34(12)22-31(9,16-28(5)6)20-33(11,18-29)24-35(13,23-32)25-34;1-2-3-4(5,6)7/h26-28H,1-13H3;2-3H2,1H3. The third kappa shape index (κ3) is 12.3. The average Bonchev–Trinajstić information content (AvgIpc) is 2.58. The first kappa shape index (κ1) is 39.7. The number of halogens is 3. The van der Waals surface area contributed by atoms with Gasteiger partial charge < -0.3 is 49.4 Å². The second-order valence-electron chi connectivity index (χ2n) is 11.8. The molecule has 4 bridgehead atoms. The highest BCUT2D eigenvalue weighted by Crippen LogP contribution is 2.42. The van der Waals surface area contributed by atoms with Gasteiger partial charge in [0.15, 0.2) is 27.1 Å². The average molecular weight is 783 g/mol. The smallest absolute Gasteiger partial charge is 0.420 e. The minimum Gasteiger partial charge on any atom is -0.420 e. The highest BCUT2D eigenvalue weighted by Gasteiger charge is 2.72. The molecule has 25 heteroatoms. The number of fused-ring (bicyclic) bond motifs is 3. The summed E-state index contributed by atoms with van der Waals surface area (Å²) in [5, 5.41) is 0. The molecule has 250 valence electrons. The molecule has 3 fully saturated rings. The van der Waals surface area contributed by atoms with E-state index >= 15 is 0 Å². The third-order valence-electron chi connectivity index (χ3n) is 5.22. The molecule has 0 aliphatic carbocycles. The molecule has 42 heavy (non-hydrogen) atoms. The van der Waals surface area contributed by atoms with Crippen LogP contribution in [0.3, 0.4) is 0 Å². The summed E-state index contributed by atoms with van der Waals surface area (Å²) in [7, 11) is -29.0. The summed E-state index contributed by atoms with van der Waals surface area (Å²) < 4.78 is 112. The Balaban J connectivity index is 0.000000782. The Morgan fingerprint density at radius 2 is 0.690 bits per heavy atom. The molecule has 0 radical (unpaired) electrons. The summed E-state index contributed by atoms with van der Waals surface area (Å²) in [6, 6.07) is 0. The Bertz CT molecular complexity index is 787. The van der Waals surface area contributed by atoms with Crippen molar-refractivity contribution in [2.24, 2.45) is 0 Å². The van der Waals surface area contributed by atoms with Crippen LogP contribution in [-0.4, -0.2) is 94.9 Å². The fraction of sp³-hybridized carbons (Fsp3) is 1.00. The predicted molar refractivity (Wildman–Crippen MR) is 172 cm³/mol. The quantitative estimate of drug-likeness (QED) is 0.339. The molecule has 0 N–H and O–H groups in total. The molecule has 0 unspecified atom stereocenters. The van der Waals surface area contributed by atoms with Gasteiger partial charge in [-0.1, -0.05) is 6.92 Å². The van der Waals surface area contributed by atoms with Gasteiger partial charge in [0.05, 0.1) is 0 Å². The highest BCUT2D eigenvalue weighted by molar-refractivity contribution is 6.98. The summed E-state index contributed by atoms with van der Waals surface area (Å²) in [4.78, 5) is 0. The second kappa shape index (κ2) is 13.9. The molecule has 0 aromatic carbocycles. The Morgan fingerprint density at radius 3 is 0.833 bits per heavy atom. The van der Waals surface area contributed by atoms with Crippen molar-refractivity contribution in [3.8, 4) is 0 Å². The van der Waals surface area contributed by atoms with E-state index in [2.05, 4.69) is 39.3 Å². The van der Waals surface area contributed by atoms with Gasteiger partial charge in [-0.2, -0.15) is 13.2 Å². The summed E-state index contributed by atoms with van der Waals surface area (Å²) in [5.74, 6) is 0. The van der Waals surface area contributed by atoms with Crippen molar-refractivity contribution in [2.45, 2.75) is 111 Å². The van der Waals surface area contributed by atoms with Gasteiger partial charge in [0.2, 0.25) is 0 Å². The minimum absolute atomic E-state index is 0.184. The maximum Gasteiger partial charge on any atom is 0.475 e. The lowest BCUT2D eigenvalue weighted by molar-refractivity contribution is -0.134. The zero-order valence-electron chi connectivity index (χ0n) is 27.2. The lowest BCUT2D eigenvalue weighted by Gasteiger charge is -2.55. The highest BCUT2D eigenvalue weighted by atomic mass is 28.6. The van der Waals surface area contributed by atoms with Crippen LogP contribution in [0.25, 0.3) is 0 Å². The molecule has 0 spiro atoms. The van der Waals surface area contributed by atoms with Gasteiger partial charge in [0.25, 0.3) is 0 Å². The number of hydrogen-bond acceptors (Lipinski definition) is 12. The van der Waals surface area contributed by atoms with Crippen molar-refractivity contribution < 1.29 is 62.6 Å². The van der Waals surface area contributed by atoms with Gasteiger partial charge in [0, 0.05) is 52.2 Å². The maximum absolute atomic E-state index is 11.1. The van der Waals surface area contributed by atoms with E-state index in [1.165, 1.54) is 6.92 Å². The topological polar surface area (TPSA) is 111 Å². The molecule has 3 heterocycles. The van der Waals surface area contributed by atoms with Crippen LogP contribution in [0.15, 0.2) is 0 Å². The Morgan fingerprint density at radius 1 is 0.476 bits per heavy atom. The number of rotatable bonds is 7. The Hall–Kier alpha value is 1.48. The number of hydrogen-bond donors (Lipinski definition) is 0. The Kier molecular flexibility index (Phi) is 13.1. The zero-order chi connectivity index (χ0) is 32.6. The summed E-state index contributed by atoms with van der Waals surface area (Å²) in [6.07, 6.45) is -4.43.